The summed E-state index contributed by atoms with van der Waals surface area (Å²) in [6.45, 7) is 0.140. The molecule has 18 heavy (non-hydrogen) atoms. The van der Waals surface area contributed by atoms with Crippen LogP contribution in [0, 0.1) is 0 Å². The van der Waals surface area contributed by atoms with Crippen LogP contribution < -0.4 is 4.74 Å². The Kier molecular flexibility index (Phi) is 4.28. The van der Waals surface area contributed by atoms with Gasteiger partial charge in [0.1, 0.15) is 12.4 Å². The summed E-state index contributed by atoms with van der Waals surface area (Å²) < 4.78 is 11.4. The van der Waals surface area contributed by atoms with Crippen molar-refractivity contribution >= 4 is 15.9 Å². The second kappa shape index (κ2) is 5.93. The Bertz CT molecular complexity index is 509. The van der Waals surface area contributed by atoms with E-state index < -0.39 is 0 Å². The Morgan fingerprint density at radius 3 is 2.61 bits per heavy atom. The summed E-state index contributed by atoms with van der Waals surface area (Å²) in [5.74, 6) is 0.840. The molecular formula is C13H13BrO4. The van der Waals surface area contributed by atoms with Crippen molar-refractivity contribution in [2.24, 2.45) is 0 Å². The largest absolute Gasteiger partial charge is 0.504 e. The van der Waals surface area contributed by atoms with Gasteiger partial charge in [-0.25, -0.2) is 0 Å². The molecule has 1 unspecified atom stereocenters. The van der Waals surface area contributed by atoms with E-state index in [-0.39, 0.29) is 24.9 Å². The lowest BCUT2D eigenvalue weighted by Crippen LogP contribution is -2.13. The van der Waals surface area contributed by atoms with Gasteiger partial charge < -0.3 is 19.4 Å². The summed E-state index contributed by atoms with van der Waals surface area (Å²) in [6, 6.07) is 10.2. The van der Waals surface area contributed by atoms with Crippen molar-refractivity contribution in [3.63, 3.8) is 0 Å². The maximum absolute atomic E-state index is 9.55. The van der Waals surface area contributed by atoms with E-state index in [4.69, 9.17) is 9.15 Å². The molecule has 0 aliphatic heterocycles. The molecule has 1 heterocycles. The van der Waals surface area contributed by atoms with Crippen LogP contribution in [0.5, 0.6) is 11.5 Å². The molecule has 1 atom stereocenters. The van der Waals surface area contributed by atoms with Gasteiger partial charge in [0.15, 0.2) is 16.2 Å². The number of rotatable bonds is 5. The molecule has 4 nitrogen and oxygen atoms in total. The van der Waals surface area contributed by atoms with E-state index in [0.29, 0.717) is 16.2 Å². The highest BCUT2D eigenvalue weighted by Crippen LogP contribution is 2.27. The number of halogens is 1. The molecule has 0 saturated heterocycles. The van der Waals surface area contributed by atoms with Gasteiger partial charge in [0.2, 0.25) is 0 Å². The minimum atomic E-state index is -0.268. The normalized spacial score (nSPS) is 12.3. The van der Waals surface area contributed by atoms with Gasteiger partial charge in [-0.1, -0.05) is 12.1 Å². The average Bonchev–Trinajstić information content (AvgIpc) is 2.79. The zero-order valence-electron chi connectivity index (χ0n) is 9.54. The maximum Gasteiger partial charge on any atom is 0.169 e. The molecule has 0 aliphatic carbocycles. The highest BCUT2D eigenvalue weighted by Gasteiger charge is 2.16. The Hall–Kier alpha value is -1.46. The Labute approximate surface area is 113 Å². The molecule has 5 heteroatoms. The van der Waals surface area contributed by atoms with Crippen molar-refractivity contribution in [3.8, 4) is 11.5 Å². The Morgan fingerprint density at radius 1 is 1.22 bits per heavy atom. The highest BCUT2D eigenvalue weighted by molar-refractivity contribution is 9.10. The molecule has 0 spiro atoms. The van der Waals surface area contributed by atoms with E-state index >= 15 is 0 Å². The third-order valence-corrected chi connectivity index (χ3v) is 2.95. The van der Waals surface area contributed by atoms with Crippen molar-refractivity contribution in [1.82, 2.24) is 0 Å². The summed E-state index contributed by atoms with van der Waals surface area (Å²) in [4.78, 5) is 0. The molecule has 0 fully saturated rings. The number of hydrogen-bond donors (Lipinski definition) is 2. The lowest BCUT2D eigenvalue weighted by Gasteiger charge is -2.13. The monoisotopic (exact) mass is 312 g/mol. The summed E-state index contributed by atoms with van der Waals surface area (Å²) >= 11 is 3.21. The first-order valence-electron chi connectivity index (χ1n) is 5.47. The number of benzene rings is 1. The summed E-state index contributed by atoms with van der Waals surface area (Å²) in [6.07, 6.45) is 0. The van der Waals surface area contributed by atoms with E-state index in [1.807, 2.05) is 0 Å². The minimum Gasteiger partial charge on any atom is -0.504 e. The second-order valence-corrected chi connectivity index (χ2v) is 4.58. The van der Waals surface area contributed by atoms with Crippen LogP contribution in [0.3, 0.4) is 0 Å². The SMILES string of the molecule is OCC(COc1ccccc1O)c1ccc(Br)o1. The average molecular weight is 313 g/mol. The molecule has 2 aromatic rings. The third-order valence-electron chi connectivity index (χ3n) is 2.52. The molecular weight excluding hydrogens is 300 g/mol. The first-order valence-corrected chi connectivity index (χ1v) is 6.27. The number of aromatic hydroxyl groups is 1. The van der Waals surface area contributed by atoms with Crippen LogP contribution in [0.2, 0.25) is 0 Å². The number of furan rings is 1. The van der Waals surface area contributed by atoms with Crippen molar-refractivity contribution in [3.05, 3.63) is 46.8 Å². The van der Waals surface area contributed by atoms with Gasteiger partial charge in [0, 0.05) is 0 Å². The predicted molar refractivity (Wildman–Crippen MR) is 69.8 cm³/mol. The van der Waals surface area contributed by atoms with Crippen LogP contribution in [0.1, 0.15) is 11.7 Å². The van der Waals surface area contributed by atoms with Gasteiger partial charge in [0.05, 0.1) is 12.5 Å². The fourth-order valence-corrected chi connectivity index (χ4v) is 1.86. The summed E-state index contributed by atoms with van der Waals surface area (Å²) in [5, 5.41) is 18.9. The van der Waals surface area contributed by atoms with E-state index in [1.54, 1.807) is 36.4 Å². The zero-order valence-corrected chi connectivity index (χ0v) is 11.1. The van der Waals surface area contributed by atoms with Crippen molar-refractivity contribution in [1.29, 1.82) is 0 Å². The molecule has 0 bridgehead atoms. The van der Waals surface area contributed by atoms with Crippen LogP contribution in [-0.2, 0) is 0 Å². The minimum absolute atomic E-state index is 0.0785. The molecule has 2 rings (SSSR count). The van der Waals surface area contributed by atoms with Crippen LogP contribution in [0.25, 0.3) is 0 Å². The third kappa shape index (κ3) is 3.05. The van der Waals surface area contributed by atoms with E-state index in [0.717, 1.165) is 0 Å². The fraction of sp³-hybridized carbons (Fsp3) is 0.231. The maximum atomic E-state index is 9.55. The lowest BCUT2D eigenvalue weighted by molar-refractivity contribution is 0.186. The van der Waals surface area contributed by atoms with E-state index in [1.165, 1.54) is 0 Å². The number of aliphatic hydroxyl groups excluding tert-OH is 1. The molecule has 0 aliphatic rings. The van der Waals surface area contributed by atoms with Crippen LogP contribution in [-0.4, -0.2) is 23.4 Å². The van der Waals surface area contributed by atoms with Crippen LogP contribution >= 0.6 is 15.9 Å². The molecule has 0 saturated carbocycles. The number of ether oxygens (including phenoxy) is 1. The zero-order chi connectivity index (χ0) is 13.0. The van der Waals surface area contributed by atoms with Crippen molar-refractivity contribution in [2.45, 2.75) is 5.92 Å². The first kappa shape index (κ1) is 13.0. The standard InChI is InChI=1S/C13H13BrO4/c14-13-6-5-11(18-13)9(7-15)8-17-12-4-2-1-3-10(12)16/h1-6,9,15-16H,7-8H2. The highest BCUT2D eigenvalue weighted by atomic mass is 79.9. The van der Waals surface area contributed by atoms with Crippen LogP contribution in [0.15, 0.2) is 45.5 Å². The Morgan fingerprint density at radius 2 is 2.00 bits per heavy atom. The first-order chi connectivity index (χ1) is 8.70. The molecule has 1 aromatic carbocycles. The predicted octanol–water partition coefficient (Wildman–Crippen LogP) is 2.90. The van der Waals surface area contributed by atoms with Crippen LogP contribution in [0.4, 0.5) is 0 Å². The van der Waals surface area contributed by atoms with E-state index in [9.17, 15) is 10.2 Å². The smallest absolute Gasteiger partial charge is 0.169 e. The van der Waals surface area contributed by atoms with Crippen molar-refractivity contribution in [2.75, 3.05) is 13.2 Å². The fourth-order valence-electron chi connectivity index (χ4n) is 1.54. The number of aliphatic hydroxyl groups is 1. The quantitative estimate of drug-likeness (QED) is 0.891. The molecule has 96 valence electrons. The molecule has 2 N–H and O–H groups in total. The molecule has 1 aromatic heterocycles. The van der Waals surface area contributed by atoms with Gasteiger partial charge >= 0.3 is 0 Å². The number of para-hydroxylation sites is 2. The van der Waals surface area contributed by atoms with Gasteiger partial charge in [-0.2, -0.15) is 0 Å². The number of hydrogen-bond acceptors (Lipinski definition) is 4. The van der Waals surface area contributed by atoms with Gasteiger partial charge in [-0.15, -0.1) is 0 Å². The second-order valence-electron chi connectivity index (χ2n) is 3.80. The summed E-state index contributed by atoms with van der Waals surface area (Å²) in [5.41, 5.74) is 0. The lowest BCUT2D eigenvalue weighted by atomic mass is 10.1. The van der Waals surface area contributed by atoms with Gasteiger partial charge in [-0.3, -0.25) is 0 Å². The molecule has 0 radical (unpaired) electrons. The Balaban J connectivity index is 2.02. The molecule has 0 amide bonds. The number of phenols is 1. The van der Waals surface area contributed by atoms with Gasteiger partial charge in [0.25, 0.3) is 0 Å². The van der Waals surface area contributed by atoms with E-state index in [2.05, 4.69) is 15.9 Å². The summed E-state index contributed by atoms with van der Waals surface area (Å²) in [7, 11) is 0. The number of phenolic OH excluding ortho intramolecular Hbond substituents is 1. The topological polar surface area (TPSA) is 62.8 Å². The van der Waals surface area contributed by atoms with Crippen molar-refractivity contribution < 1.29 is 19.4 Å². The van der Waals surface area contributed by atoms with Gasteiger partial charge in [-0.05, 0) is 40.2 Å².